The van der Waals surface area contributed by atoms with Gasteiger partial charge in [0.15, 0.2) is 0 Å². The van der Waals surface area contributed by atoms with E-state index >= 15 is 0 Å². The van der Waals surface area contributed by atoms with E-state index in [4.69, 9.17) is 5.11 Å². The number of aromatic carboxylic acids is 1. The van der Waals surface area contributed by atoms with Crippen molar-refractivity contribution >= 4 is 29.5 Å². The van der Waals surface area contributed by atoms with Crippen molar-refractivity contribution in [3.8, 4) is 5.69 Å². The first-order valence-corrected chi connectivity index (χ1v) is 8.91. The van der Waals surface area contributed by atoms with Crippen LogP contribution in [0.3, 0.4) is 0 Å². The fourth-order valence-corrected chi connectivity index (χ4v) is 3.92. The summed E-state index contributed by atoms with van der Waals surface area (Å²) >= 11 is 1.52. The van der Waals surface area contributed by atoms with Crippen molar-refractivity contribution in [3.05, 3.63) is 71.7 Å². The molecule has 1 aliphatic heterocycles. The topological polar surface area (TPSA) is 97.1 Å². The third-order valence-electron chi connectivity index (χ3n) is 4.06. The van der Waals surface area contributed by atoms with Gasteiger partial charge in [-0.3, -0.25) is 9.78 Å². The molecule has 0 spiro atoms. The number of benzene rings is 1. The molecule has 130 valence electrons. The van der Waals surface area contributed by atoms with Gasteiger partial charge in [0.05, 0.1) is 28.5 Å². The Balaban J connectivity index is 1.79. The van der Waals surface area contributed by atoms with Crippen LogP contribution in [0.1, 0.15) is 26.7 Å². The maximum absolute atomic E-state index is 12.2. The molecular formula is C18H14N4O3S. The Bertz CT molecular complexity index is 970. The molecule has 0 fully saturated rings. The van der Waals surface area contributed by atoms with Crippen molar-refractivity contribution in [1.29, 1.82) is 0 Å². The molecule has 1 amide bonds. The zero-order chi connectivity index (χ0) is 18.1. The lowest BCUT2D eigenvalue weighted by molar-refractivity contribution is -0.113. The highest BCUT2D eigenvalue weighted by molar-refractivity contribution is 8.00. The number of hydrogen-bond donors (Lipinski definition) is 2. The number of rotatable bonds is 3. The van der Waals surface area contributed by atoms with Crippen LogP contribution in [-0.2, 0) is 4.79 Å². The van der Waals surface area contributed by atoms with Gasteiger partial charge in [-0.1, -0.05) is 6.07 Å². The molecule has 1 atom stereocenters. The summed E-state index contributed by atoms with van der Waals surface area (Å²) in [5.74, 6) is -0.174. The third kappa shape index (κ3) is 2.95. The molecule has 7 nitrogen and oxygen atoms in total. The maximum atomic E-state index is 12.2. The smallest absolute Gasteiger partial charge is 0.335 e. The number of carboxylic acids is 1. The predicted octanol–water partition coefficient (Wildman–Crippen LogP) is 2.74. The molecular weight excluding hydrogens is 352 g/mol. The number of aromatic nitrogens is 3. The number of carbonyl (C=O) groups is 2. The molecule has 4 rings (SSSR count). The van der Waals surface area contributed by atoms with E-state index in [1.807, 2.05) is 12.1 Å². The normalized spacial score (nSPS) is 16.5. The number of carbonyl (C=O) groups excluding carboxylic acids is 1. The van der Waals surface area contributed by atoms with Gasteiger partial charge in [0, 0.05) is 18.0 Å². The number of amides is 1. The summed E-state index contributed by atoms with van der Waals surface area (Å²) in [6.07, 6.45) is 5.23. The Kier molecular flexibility index (Phi) is 4.18. The van der Waals surface area contributed by atoms with Gasteiger partial charge >= 0.3 is 5.97 Å². The van der Waals surface area contributed by atoms with Gasteiger partial charge in [0.1, 0.15) is 5.82 Å². The first-order valence-electron chi connectivity index (χ1n) is 7.86. The van der Waals surface area contributed by atoms with Crippen molar-refractivity contribution < 1.29 is 14.7 Å². The number of pyridine rings is 1. The van der Waals surface area contributed by atoms with Crippen LogP contribution >= 0.6 is 11.8 Å². The van der Waals surface area contributed by atoms with Crippen LogP contribution in [0.2, 0.25) is 0 Å². The summed E-state index contributed by atoms with van der Waals surface area (Å²) in [6, 6.07) is 10.2. The highest BCUT2D eigenvalue weighted by Crippen LogP contribution is 2.41. The zero-order valence-corrected chi connectivity index (χ0v) is 14.3. The summed E-state index contributed by atoms with van der Waals surface area (Å²) in [7, 11) is 0. The first kappa shape index (κ1) is 16.3. The number of nitrogens with one attached hydrogen (secondary N) is 1. The van der Waals surface area contributed by atoms with Gasteiger partial charge in [0.2, 0.25) is 5.91 Å². The minimum absolute atomic E-state index is 0.0651. The molecule has 1 aliphatic rings. The lowest BCUT2D eigenvalue weighted by Gasteiger charge is -2.13. The second kappa shape index (κ2) is 6.64. The van der Waals surface area contributed by atoms with E-state index in [-0.39, 0.29) is 16.7 Å². The van der Waals surface area contributed by atoms with Crippen LogP contribution in [-0.4, -0.2) is 37.5 Å². The minimum atomic E-state index is -0.989. The molecule has 2 aromatic heterocycles. The van der Waals surface area contributed by atoms with Crippen LogP contribution in [0.5, 0.6) is 0 Å². The van der Waals surface area contributed by atoms with Crippen molar-refractivity contribution in [2.75, 3.05) is 11.1 Å². The number of hydrogen-bond acceptors (Lipinski definition) is 5. The Hall–Kier alpha value is -3.13. The van der Waals surface area contributed by atoms with Crippen LogP contribution < -0.4 is 5.32 Å². The zero-order valence-electron chi connectivity index (χ0n) is 13.5. The Morgan fingerprint density at radius 3 is 2.73 bits per heavy atom. The van der Waals surface area contributed by atoms with E-state index in [0.29, 0.717) is 17.3 Å². The minimum Gasteiger partial charge on any atom is -0.478 e. The van der Waals surface area contributed by atoms with Crippen LogP contribution in [0.25, 0.3) is 5.69 Å². The van der Waals surface area contributed by atoms with Gasteiger partial charge < -0.3 is 10.4 Å². The molecule has 8 heteroatoms. The number of carboxylic acid groups (broad SMARTS) is 1. The monoisotopic (exact) mass is 366 g/mol. The second-order valence-corrected chi connectivity index (χ2v) is 6.83. The first-order chi connectivity index (χ1) is 12.6. The predicted molar refractivity (Wildman–Crippen MR) is 97.7 cm³/mol. The number of thioether (sulfide) groups is 1. The fourth-order valence-electron chi connectivity index (χ4n) is 2.84. The quantitative estimate of drug-likeness (QED) is 0.740. The average molecular weight is 366 g/mol. The molecule has 1 aromatic carbocycles. The van der Waals surface area contributed by atoms with Crippen molar-refractivity contribution in [2.45, 2.75) is 5.25 Å². The molecule has 0 saturated heterocycles. The molecule has 3 aromatic rings. The van der Waals surface area contributed by atoms with Crippen LogP contribution in [0, 0.1) is 0 Å². The highest BCUT2D eigenvalue weighted by Gasteiger charge is 2.28. The summed E-state index contributed by atoms with van der Waals surface area (Å²) in [6.45, 7) is 0. The van der Waals surface area contributed by atoms with Crippen molar-refractivity contribution in [3.63, 3.8) is 0 Å². The molecule has 0 bridgehead atoms. The standard InChI is InChI=1S/C18H14N4O3S/c23-15-10-26-16(12-2-1-7-19-8-12)14-9-20-22(17(14)21-15)13-5-3-11(4-6-13)18(24)25/h1-9,16H,10H2,(H,21,23)(H,24,25). The van der Waals surface area contributed by atoms with E-state index in [1.54, 1.807) is 35.4 Å². The third-order valence-corrected chi connectivity index (χ3v) is 5.35. The van der Waals surface area contributed by atoms with Crippen LogP contribution in [0.15, 0.2) is 55.0 Å². The molecule has 2 N–H and O–H groups in total. The molecule has 26 heavy (non-hydrogen) atoms. The van der Waals surface area contributed by atoms with Gasteiger partial charge in [-0.15, -0.1) is 11.8 Å². The van der Waals surface area contributed by atoms with Gasteiger partial charge in [0.25, 0.3) is 0 Å². The molecule has 3 heterocycles. The average Bonchev–Trinajstić information content (AvgIpc) is 2.98. The van der Waals surface area contributed by atoms with Crippen LogP contribution in [0.4, 0.5) is 5.82 Å². The Labute approximate surface area is 153 Å². The molecule has 0 radical (unpaired) electrons. The second-order valence-electron chi connectivity index (χ2n) is 5.74. The Morgan fingerprint density at radius 1 is 1.23 bits per heavy atom. The lowest BCUT2D eigenvalue weighted by atomic mass is 10.1. The van der Waals surface area contributed by atoms with E-state index in [0.717, 1.165) is 11.1 Å². The van der Waals surface area contributed by atoms with Crippen molar-refractivity contribution in [2.24, 2.45) is 0 Å². The Morgan fingerprint density at radius 2 is 2.04 bits per heavy atom. The van der Waals surface area contributed by atoms with Gasteiger partial charge in [-0.05, 0) is 35.9 Å². The SMILES string of the molecule is O=C1CSC(c2cccnc2)c2cnn(-c3ccc(C(=O)O)cc3)c2N1. The van der Waals surface area contributed by atoms with E-state index < -0.39 is 5.97 Å². The van der Waals surface area contributed by atoms with Gasteiger partial charge in [-0.25, -0.2) is 9.48 Å². The summed E-state index contributed by atoms with van der Waals surface area (Å²) in [4.78, 5) is 27.4. The van der Waals surface area contributed by atoms with Crippen molar-refractivity contribution in [1.82, 2.24) is 14.8 Å². The fraction of sp³-hybridized carbons (Fsp3) is 0.111. The summed E-state index contributed by atoms with van der Waals surface area (Å²) < 4.78 is 1.62. The number of anilines is 1. The number of fused-ring (bicyclic) bond motifs is 1. The number of nitrogens with zero attached hydrogens (tertiary/aromatic N) is 3. The van der Waals surface area contributed by atoms with E-state index in [9.17, 15) is 9.59 Å². The van der Waals surface area contributed by atoms with E-state index in [1.165, 1.54) is 23.9 Å². The van der Waals surface area contributed by atoms with Gasteiger partial charge in [-0.2, -0.15) is 5.10 Å². The lowest BCUT2D eigenvalue weighted by Crippen LogP contribution is -2.15. The largest absolute Gasteiger partial charge is 0.478 e. The van der Waals surface area contributed by atoms with E-state index in [2.05, 4.69) is 15.4 Å². The highest BCUT2D eigenvalue weighted by atomic mass is 32.2. The maximum Gasteiger partial charge on any atom is 0.335 e. The summed E-state index contributed by atoms with van der Waals surface area (Å²) in [5.41, 5.74) is 2.75. The molecule has 0 aliphatic carbocycles. The molecule has 0 saturated carbocycles. The summed E-state index contributed by atoms with van der Waals surface area (Å²) in [5, 5.41) is 16.3. The molecule has 1 unspecified atom stereocenters.